The fourth-order valence-electron chi connectivity index (χ4n) is 1.52. The quantitative estimate of drug-likeness (QED) is 0.834. The molecule has 1 rings (SSSR count). The van der Waals surface area contributed by atoms with Crippen LogP contribution >= 0.6 is 0 Å². The molecule has 0 saturated carbocycles. The Morgan fingerprint density at radius 1 is 1.12 bits per heavy atom. The number of ether oxygens (including phenoxy) is 3. The van der Waals surface area contributed by atoms with Crippen LogP contribution in [0.2, 0.25) is 0 Å². The predicted molar refractivity (Wildman–Crippen MR) is 63.3 cm³/mol. The van der Waals surface area contributed by atoms with Crippen molar-refractivity contribution in [3.63, 3.8) is 0 Å². The summed E-state index contributed by atoms with van der Waals surface area (Å²) in [7, 11) is 3.21. The molecule has 1 aromatic rings. The van der Waals surface area contributed by atoms with Gasteiger partial charge in [0, 0.05) is 17.7 Å². The molecule has 1 atom stereocenters. The smallest absolute Gasteiger partial charge is 0.164 e. The Bertz CT molecular complexity index is 350. The van der Waals surface area contributed by atoms with E-state index < -0.39 is 0 Å². The molecule has 16 heavy (non-hydrogen) atoms. The molecule has 0 aliphatic carbocycles. The SMILES string of the molecule is CCOc1cc(C(C)N)c(OC)cc1OC. The van der Waals surface area contributed by atoms with Crippen molar-refractivity contribution in [3.05, 3.63) is 17.7 Å². The van der Waals surface area contributed by atoms with Gasteiger partial charge in [0.1, 0.15) is 5.75 Å². The van der Waals surface area contributed by atoms with Gasteiger partial charge in [-0.15, -0.1) is 0 Å². The number of benzene rings is 1. The third-order valence-corrected chi connectivity index (χ3v) is 2.31. The maximum absolute atomic E-state index is 5.87. The standard InChI is InChI=1S/C12H19NO3/c1-5-16-12-6-9(8(2)13)10(14-3)7-11(12)15-4/h6-8H,5,13H2,1-4H3. The molecular weight excluding hydrogens is 206 g/mol. The molecule has 2 N–H and O–H groups in total. The number of rotatable bonds is 5. The Kier molecular flexibility index (Phi) is 4.43. The van der Waals surface area contributed by atoms with Crippen molar-refractivity contribution < 1.29 is 14.2 Å². The average Bonchev–Trinajstić information content (AvgIpc) is 2.28. The zero-order chi connectivity index (χ0) is 12.1. The first-order valence-electron chi connectivity index (χ1n) is 5.28. The Morgan fingerprint density at radius 2 is 1.75 bits per heavy atom. The molecule has 0 spiro atoms. The second kappa shape index (κ2) is 5.61. The van der Waals surface area contributed by atoms with E-state index in [1.807, 2.05) is 19.9 Å². The van der Waals surface area contributed by atoms with E-state index in [1.54, 1.807) is 20.3 Å². The minimum atomic E-state index is -0.111. The fourth-order valence-corrected chi connectivity index (χ4v) is 1.52. The number of nitrogens with two attached hydrogens (primary N) is 1. The highest BCUT2D eigenvalue weighted by Crippen LogP contribution is 2.36. The predicted octanol–water partition coefficient (Wildman–Crippen LogP) is 2.12. The maximum atomic E-state index is 5.87. The second-order valence-corrected chi connectivity index (χ2v) is 3.47. The molecule has 0 bridgehead atoms. The Hall–Kier alpha value is -1.42. The van der Waals surface area contributed by atoms with E-state index in [1.165, 1.54) is 0 Å². The minimum absolute atomic E-state index is 0.111. The number of hydrogen-bond donors (Lipinski definition) is 1. The normalized spacial score (nSPS) is 12.1. The van der Waals surface area contributed by atoms with Gasteiger partial charge in [0.15, 0.2) is 11.5 Å². The largest absolute Gasteiger partial charge is 0.496 e. The van der Waals surface area contributed by atoms with Crippen LogP contribution in [0.5, 0.6) is 17.2 Å². The first kappa shape index (κ1) is 12.6. The van der Waals surface area contributed by atoms with Crippen molar-refractivity contribution >= 4 is 0 Å². The first-order chi connectivity index (χ1) is 7.63. The molecule has 0 aliphatic heterocycles. The van der Waals surface area contributed by atoms with E-state index in [4.69, 9.17) is 19.9 Å². The van der Waals surface area contributed by atoms with E-state index in [9.17, 15) is 0 Å². The van der Waals surface area contributed by atoms with Crippen LogP contribution in [0.25, 0.3) is 0 Å². The van der Waals surface area contributed by atoms with Crippen LogP contribution in [0.1, 0.15) is 25.5 Å². The van der Waals surface area contributed by atoms with Gasteiger partial charge in [-0.25, -0.2) is 0 Å². The van der Waals surface area contributed by atoms with Gasteiger partial charge in [-0.3, -0.25) is 0 Å². The van der Waals surface area contributed by atoms with Gasteiger partial charge in [-0.1, -0.05) is 0 Å². The van der Waals surface area contributed by atoms with Gasteiger partial charge in [-0.2, -0.15) is 0 Å². The van der Waals surface area contributed by atoms with Crippen LogP contribution in [-0.2, 0) is 0 Å². The highest BCUT2D eigenvalue weighted by molar-refractivity contribution is 5.51. The average molecular weight is 225 g/mol. The lowest BCUT2D eigenvalue weighted by Gasteiger charge is -2.16. The lowest BCUT2D eigenvalue weighted by atomic mass is 10.1. The monoisotopic (exact) mass is 225 g/mol. The van der Waals surface area contributed by atoms with Gasteiger partial charge in [-0.05, 0) is 19.9 Å². The minimum Gasteiger partial charge on any atom is -0.496 e. The van der Waals surface area contributed by atoms with Gasteiger partial charge >= 0.3 is 0 Å². The van der Waals surface area contributed by atoms with Gasteiger partial charge < -0.3 is 19.9 Å². The molecule has 0 aromatic heterocycles. The molecule has 0 saturated heterocycles. The van der Waals surface area contributed by atoms with E-state index in [2.05, 4.69) is 0 Å². The van der Waals surface area contributed by atoms with Crippen LogP contribution in [-0.4, -0.2) is 20.8 Å². The van der Waals surface area contributed by atoms with Gasteiger partial charge in [0.25, 0.3) is 0 Å². The summed E-state index contributed by atoms with van der Waals surface area (Å²) in [4.78, 5) is 0. The molecule has 0 aliphatic rings. The first-order valence-corrected chi connectivity index (χ1v) is 5.28. The molecule has 0 heterocycles. The van der Waals surface area contributed by atoms with Gasteiger partial charge in [0.2, 0.25) is 0 Å². The van der Waals surface area contributed by atoms with Crippen LogP contribution in [0, 0.1) is 0 Å². The highest BCUT2D eigenvalue weighted by Gasteiger charge is 2.14. The van der Waals surface area contributed by atoms with Crippen LogP contribution in [0.3, 0.4) is 0 Å². The van der Waals surface area contributed by atoms with Crippen LogP contribution in [0.15, 0.2) is 12.1 Å². The molecule has 4 heteroatoms. The topological polar surface area (TPSA) is 53.7 Å². The van der Waals surface area contributed by atoms with Crippen LogP contribution < -0.4 is 19.9 Å². The molecule has 1 aromatic carbocycles. The molecule has 90 valence electrons. The molecule has 0 amide bonds. The van der Waals surface area contributed by atoms with E-state index >= 15 is 0 Å². The summed E-state index contributed by atoms with van der Waals surface area (Å²) in [5.41, 5.74) is 6.78. The van der Waals surface area contributed by atoms with Crippen LogP contribution in [0.4, 0.5) is 0 Å². The van der Waals surface area contributed by atoms with Crippen molar-refractivity contribution in [2.45, 2.75) is 19.9 Å². The van der Waals surface area contributed by atoms with Crippen molar-refractivity contribution in [1.29, 1.82) is 0 Å². The van der Waals surface area contributed by atoms with E-state index in [0.29, 0.717) is 18.1 Å². The Morgan fingerprint density at radius 3 is 2.19 bits per heavy atom. The Balaban J connectivity index is 3.23. The molecule has 0 radical (unpaired) electrons. The fraction of sp³-hybridized carbons (Fsp3) is 0.500. The third kappa shape index (κ3) is 2.58. The summed E-state index contributed by atoms with van der Waals surface area (Å²) in [6.07, 6.45) is 0. The van der Waals surface area contributed by atoms with E-state index in [0.717, 1.165) is 11.3 Å². The zero-order valence-corrected chi connectivity index (χ0v) is 10.2. The molecule has 1 unspecified atom stereocenters. The summed E-state index contributed by atoms with van der Waals surface area (Å²) in [5, 5.41) is 0. The number of methoxy groups -OCH3 is 2. The summed E-state index contributed by atoms with van der Waals surface area (Å²) in [6, 6.07) is 3.55. The second-order valence-electron chi connectivity index (χ2n) is 3.47. The molecule has 0 fully saturated rings. The lowest BCUT2D eigenvalue weighted by molar-refractivity contribution is 0.307. The Labute approximate surface area is 96.3 Å². The van der Waals surface area contributed by atoms with Gasteiger partial charge in [0.05, 0.1) is 20.8 Å². The maximum Gasteiger partial charge on any atom is 0.164 e. The van der Waals surface area contributed by atoms with Crippen molar-refractivity contribution in [1.82, 2.24) is 0 Å². The lowest BCUT2D eigenvalue weighted by Crippen LogP contribution is -2.08. The van der Waals surface area contributed by atoms with Crippen molar-refractivity contribution in [2.75, 3.05) is 20.8 Å². The molecular formula is C12H19NO3. The third-order valence-electron chi connectivity index (χ3n) is 2.31. The van der Waals surface area contributed by atoms with Crippen molar-refractivity contribution in [2.24, 2.45) is 5.73 Å². The summed E-state index contributed by atoms with van der Waals surface area (Å²) >= 11 is 0. The highest BCUT2D eigenvalue weighted by atomic mass is 16.5. The van der Waals surface area contributed by atoms with Crippen molar-refractivity contribution in [3.8, 4) is 17.2 Å². The summed E-state index contributed by atoms with van der Waals surface area (Å²) < 4.78 is 16.0. The zero-order valence-electron chi connectivity index (χ0n) is 10.2. The molecule has 4 nitrogen and oxygen atoms in total. The summed E-state index contributed by atoms with van der Waals surface area (Å²) in [6.45, 7) is 4.41. The summed E-state index contributed by atoms with van der Waals surface area (Å²) in [5.74, 6) is 2.07. The van der Waals surface area contributed by atoms with E-state index in [-0.39, 0.29) is 6.04 Å². The number of hydrogen-bond acceptors (Lipinski definition) is 4.